The van der Waals surface area contributed by atoms with Gasteiger partial charge in [-0.15, -0.1) is 0 Å². The van der Waals surface area contributed by atoms with Crippen molar-refractivity contribution in [3.8, 4) is 0 Å². The molecule has 2 amide bonds. The Morgan fingerprint density at radius 3 is 2.92 bits per heavy atom. The molecule has 1 saturated heterocycles. The predicted molar refractivity (Wildman–Crippen MR) is 97.0 cm³/mol. The van der Waals surface area contributed by atoms with Gasteiger partial charge in [-0.1, -0.05) is 12.1 Å². The van der Waals surface area contributed by atoms with E-state index in [9.17, 15) is 9.59 Å². The molecule has 0 bridgehead atoms. The van der Waals surface area contributed by atoms with Crippen LogP contribution >= 0.6 is 0 Å². The van der Waals surface area contributed by atoms with Crippen molar-refractivity contribution in [2.45, 2.75) is 32.6 Å². The summed E-state index contributed by atoms with van der Waals surface area (Å²) in [5.41, 5.74) is 2.14. The summed E-state index contributed by atoms with van der Waals surface area (Å²) in [4.78, 5) is 30.4. The summed E-state index contributed by atoms with van der Waals surface area (Å²) in [5.74, 6) is 1.19. The van der Waals surface area contributed by atoms with Crippen LogP contribution in [0.4, 0.5) is 0 Å². The zero-order valence-electron chi connectivity index (χ0n) is 15.0. The van der Waals surface area contributed by atoms with Gasteiger partial charge in [0, 0.05) is 39.5 Å². The number of nitrogens with zero attached hydrogens (tertiary/aromatic N) is 3. The van der Waals surface area contributed by atoms with E-state index in [0.29, 0.717) is 32.5 Å². The molecule has 0 spiro atoms. The number of rotatable bonds is 6. The van der Waals surface area contributed by atoms with E-state index in [1.807, 2.05) is 32.2 Å². The number of carbonyl (C=O) groups excluding carboxylic acids is 2. The normalized spacial score (nSPS) is 17.9. The van der Waals surface area contributed by atoms with Gasteiger partial charge < -0.3 is 14.8 Å². The van der Waals surface area contributed by atoms with Crippen LogP contribution in [0, 0.1) is 5.92 Å². The largest absolute Gasteiger partial charge is 0.356 e. The van der Waals surface area contributed by atoms with Crippen LogP contribution in [0.25, 0.3) is 11.0 Å². The van der Waals surface area contributed by atoms with Crippen molar-refractivity contribution in [2.75, 3.05) is 19.6 Å². The molecule has 25 heavy (non-hydrogen) atoms. The first-order chi connectivity index (χ1) is 12.1. The Labute approximate surface area is 148 Å². The molecule has 1 N–H and O–H groups in total. The SMILES string of the molecule is CCN1CC(C(=O)NCCCc2nc3ccccc3n2C)CCC1=O. The second kappa shape index (κ2) is 7.68. The molecule has 1 aromatic carbocycles. The highest BCUT2D eigenvalue weighted by Crippen LogP contribution is 2.18. The Hall–Kier alpha value is -2.37. The maximum atomic E-state index is 12.3. The lowest BCUT2D eigenvalue weighted by atomic mass is 9.96. The first-order valence-corrected chi connectivity index (χ1v) is 9.06. The molecule has 3 rings (SSSR count). The minimum Gasteiger partial charge on any atom is -0.356 e. The van der Waals surface area contributed by atoms with Crippen LogP contribution in [-0.2, 0) is 23.1 Å². The number of fused-ring (bicyclic) bond motifs is 1. The van der Waals surface area contributed by atoms with Crippen LogP contribution < -0.4 is 5.32 Å². The highest BCUT2D eigenvalue weighted by molar-refractivity contribution is 5.83. The van der Waals surface area contributed by atoms with Gasteiger partial charge in [-0.3, -0.25) is 9.59 Å². The zero-order valence-corrected chi connectivity index (χ0v) is 15.0. The highest BCUT2D eigenvalue weighted by atomic mass is 16.2. The Balaban J connectivity index is 1.47. The molecule has 1 atom stereocenters. The van der Waals surface area contributed by atoms with Crippen LogP contribution in [0.2, 0.25) is 0 Å². The number of amides is 2. The van der Waals surface area contributed by atoms with Gasteiger partial charge in [0.15, 0.2) is 0 Å². The third kappa shape index (κ3) is 3.83. The number of carbonyl (C=O) groups is 2. The molecule has 1 aliphatic heterocycles. The van der Waals surface area contributed by atoms with Crippen molar-refractivity contribution < 1.29 is 9.59 Å². The van der Waals surface area contributed by atoms with Crippen molar-refractivity contribution in [1.82, 2.24) is 19.8 Å². The van der Waals surface area contributed by atoms with Gasteiger partial charge in [0.1, 0.15) is 5.82 Å². The Bertz CT molecular complexity index is 768. The van der Waals surface area contributed by atoms with Crippen LogP contribution in [0.15, 0.2) is 24.3 Å². The lowest BCUT2D eigenvalue weighted by molar-refractivity contribution is -0.138. The Morgan fingerprint density at radius 2 is 2.16 bits per heavy atom. The molecule has 6 heteroatoms. The minimum atomic E-state index is -0.0756. The number of aromatic nitrogens is 2. The van der Waals surface area contributed by atoms with Gasteiger partial charge >= 0.3 is 0 Å². The van der Waals surface area contributed by atoms with E-state index < -0.39 is 0 Å². The first kappa shape index (κ1) is 17.5. The molecule has 0 saturated carbocycles. The van der Waals surface area contributed by atoms with E-state index in [0.717, 1.165) is 29.7 Å². The molecule has 2 aromatic rings. The lowest BCUT2D eigenvalue weighted by Crippen LogP contribution is -2.45. The molecular formula is C19H26N4O2. The second-order valence-corrected chi connectivity index (χ2v) is 6.64. The molecule has 1 unspecified atom stereocenters. The summed E-state index contributed by atoms with van der Waals surface area (Å²) < 4.78 is 2.11. The quantitative estimate of drug-likeness (QED) is 0.815. The average Bonchev–Trinajstić information content (AvgIpc) is 2.95. The molecule has 0 radical (unpaired) electrons. The fraction of sp³-hybridized carbons (Fsp3) is 0.526. The van der Waals surface area contributed by atoms with Crippen molar-refractivity contribution in [3.05, 3.63) is 30.1 Å². The van der Waals surface area contributed by atoms with Crippen molar-refractivity contribution in [2.24, 2.45) is 13.0 Å². The summed E-state index contributed by atoms with van der Waals surface area (Å²) in [5, 5.41) is 3.02. The van der Waals surface area contributed by atoms with Gasteiger partial charge in [-0.25, -0.2) is 4.98 Å². The summed E-state index contributed by atoms with van der Waals surface area (Å²) in [6, 6.07) is 8.10. The van der Waals surface area contributed by atoms with E-state index >= 15 is 0 Å². The monoisotopic (exact) mass is 342 g/mol. The maximum absolute atomic E-state index is 12.3. The fourth-order valence-electron chi connectivity index (χ4n) is 3.46. The number of hydrogen-bond donors (Lipinski definition) is 1. The Morgan fingerprint density at radius 1 is 1.36 bits per heavy atom. The van der Waals surface area contributed by atoms with Crippen molar-refractivity contribution >= 4 is 22.8 Å². The molecule has 6 nitrogen and oxygen atoms in total. The summed E-state index contributed by atoms with van der Waals surface area (Å²) in [6.45, 7) is 3.81. The van der Waals surface area contributed by atoms with Gasteiger partial charge in [0.25, 0.3) is 0 Å². The number of para-hydroxylation sites is 2. The van der Waals surface area contributed by atoms with E-state index in [-0.39, 0.29) is 17.7 Å². The molecule has 1 fully saturated rings. The summed E-state index contributed by atoms with van der Waals surface area (Å²) in [7, 11) is 2.03. The topological polar surface area (TPSA) is 67.2 Å². The number of piperidine rings is 1. The number of benzene rings is 1. The average molecular weight is 342 g/mol. The van der Waals surface area contributed by atoms with Gasteiger partial charge in [-0.05, 0) is 31.9 Å². The van der Waals surface area contributed by atoms with Crippen LogP contribution in [0.5, 0.6) is 0 Å². The summed E-state index contributed by atoms with van der Waals surface area (Å²) in [6.07, 6.45) is 2.82. The third-order valence-corrected chi connectivity index (χ3v) is 5.01. The summed E-state index contributed by atoms with van der Waals surface area (Å²) >= 11 is 0. The molecule has 2 heterocycles. The predicted octanol–water partition coefficient (Wildman–Crippen LogP) is 1.88. The van der Waals surface area contributed by atoms with Crippen molar-refractivity contribution in [1.29, 1.82) is 0 Å². The van der Waals surface area contributed by atoms with Gasteiger partial charge in [-0.2, -0.15) is 0 Å². The number of hydrogen-bond acceptors (Lipinski definition) is 3. The zero-order chi connectivity index (χ0) is 17.8. The van der Waals surface area contributed by atoms with Gasteiger partial charge in [0.2, 0.25) is 11.8 Å². The standard InChI is InChI=1S/C19H26N4O2/c1-3-23-13-14(10-11-18(23)24)19(25)20-12-6-9-17-21-15-7-4-5-8-16(15)22(17)2/h4-5,7-8,14H,3,6,9-13H2,1-2H3,(H,20,25). The first-order valence-electron chi connectivity index (χ1n) is 9.06. The number of nitrogens with one attached hydrogen (secondary N) is 1. The minimum absolute atomic E-state index is 0.0657. The lowest BCUT2D eigenvalue weighted by Gasteiger charge is -2.31. The number of likely N-dealkylation sites (tertiary alicyclic amines) is 1. The van der Waals surface area contributed by atoms with E-state index in [4.69, 9.17) is 0 Å². The van der Waals surface area contributed by atoms with Crippen LogP contribution in [-0.4, -0.2) is 45.9 Å². The molecular weight excluding hydrogens is 316 g/mol. The fourth-order valence-corrected chi connectivity index (χ4v) is 3.46. The molecule has 134 valence electrons. The Kier molecular flexibility index (Phi) is 5.36. The second-order valence-electron chi connectivity index (χ2n) is 6.64. The smallest absolute Gasteiger partial charge is 0.224 e. The third-order valence-electron chi connectivity index (χ3n) is 5.01. The van der Waals surface area contributed by atoms with Crippen molar-refractivity contribution in [3.63, 3.8) is 0 Å². The van der Waals surface area contributed by atoms with E-state index in [2.05, 4.69) is 20.9 Å². The molecule has 0 aliphatic carbocycles. The maximum Gasteiger partial charge on any atom is 0.224 e. The van der Waals surface area contributed by atoms with E-state index in [1.54, 1.807) is 4.90 Å². The molecule has 1 aliphatic rings. The number of aryl methyl sites for hydroxylation is 2. The number of imidazole rings is 1. The van der Waals surface area contributed by atoms with E-state index in [1.165, 1.54) is 0 Å². The van der Waals surface area contributed by atoms with Gasteiger partial charge in [0.05, 0.1) is 17.0 Å². The molecule has 1 aromatic heterocycles. The highest BCUT2D eigenvalue weighted by Gasteiger charge is 2.28. The van der Waals surface area contributed by atoms with Crippen LogP contribution in [0.1, 0.15) is 32.0 Å². The van der Waals surface area contributed by atoms with Crippen LogP contribution in [0.3, 0.4) is 0 Å².